The van der Waals surface area contributed by atoms with Crippen LogP contribution in [0.25, 0.3) is 0 Å². The first-order valence-corrected chi connectivity index (χ1v) is 33.4. The van der Waals surface area contributed by atoms with E-state index in [-0.39, 0.29) is 31.5 Å². The molecule has 0 aromatic carbocycles. The summed E-state index contributed by atoms with van der Waals surface area (Å²) in [6.45, 7) is 6.85. The molecule has 0 aliphatic carbocycles. The van der Waals surface area contributed by atoms with Crippen LogP contribution in [0.5, 0.6) is 0 Å². The normalized spacial score (nSPS) is 14.2. The number of carbonyl (C=O) groups is 2. The van der Waals surface area contributed by atoms with E-state index in [1.54, 1.807) is 0 Å². The highest BCUT2D eigenvalue weighted by molar-refractivity contribution is 7.47. The zero-order valence-electron chi connectivity index (χ0n) is 50.9. The number of hydrogen-bond acceptors (Lipinski definition) is 6. The lowest BCUT2D eigenvalue weighted by atomic mass is 10.0. The Labute approximate surface area is 476 Å². The summed E-state index contributed by atoms with van der Waals surface area (Å²) in [6.07, 6.45) is 74.4. The lowest BCUT2D eigenvalue weighted by Gasteiger charge is -2.27. The van der Waals surface area contributed by atoms with Crippen LogP contribution in [0.2, 0.25) is 0 Å². The predicted molar refractivity (Wildman–Crippen MR) is 332 cm³/mol. The van der Waals surface area contributed by atoms with Gasteiger partial charge in [-0.1, -0.05) is 247 Å². The summed E-state index contributed by atoms with van der Waals surface area (Å²) in [5.74, 6) is -0.541. The molecule has 0 radical (unpaired) electrons. The Hall–Kier alpha value is -2.81. The topological polar surface area (TPSA) is 111 Å². The maximum Gasteiger partial charge on any atom is 0.472 e. The van der Waals surface area contributed by atoms with Crippen molar-refractivity contribution in [3.8, 4) is 0 Å². The Morgan fingerprint density at radius 2 is 0.831 bits per heavy atom. The molecule has 0 aliphatic heterocycles. The minimum absolute atomic E-state index is 0.0309. The molecule has 3 atom stereocenters. The molecular weight excluding hydrogens is 976 g/mol. The van der Waals surface area contributed by atoms with Crippen LogP contribution >= 0.6 is 7.82 Å². The number of likely N-dealkylation sites (N-methyl/N-ethyl adjacent to an activating group) is 1. The van der Waals surface area contributed by atoms with E-state index < -0.39 is 20.0 Å². The Balaban J connectivity index is 5.21. The molecular formula is C67H122N2O7P+. The molecule has 0 aromatic heterocycles. The number of hydrogen-bond donors (Lipinski definition) is 2. The number of phosphoric acid groups is 1. The van der Waals surface area contributed by atoms with Gasteiger partial charge in [0.25, 0.3) is 0 Å². The van der Waals surface area contributed by atoms with E-state index in [0.29, 0.717) is 23.9 Å². The second-order valence-corrected chi connectivity index (χ2v) is 24.0. The minimum atomic E-state index is -4.46. The number of esters is 1. The molecule has 10 heteroatoms. The molecule has 1 amide bonds. The number of phosphoric ester groups is 1. The molecule has 9 nitrogen and oxygen atoms in total. The summed E-state index contributed by atoms with van der Waals surface area (Å²) < 4.78 is 30.7. The summed E-state index contributed by atoms with van der Waals surface area (Å²) in [6, 6.07) is -0.868. The van der Waals surface area contributed by atoms with Crippen molar-refractivity contribution in [2.75, 3.05) is 40.9 Å². The predicted octanol–water partition coefficient (Wildman–Crippen LogP) is 19.8. The highest BCUT2D eigenvalue weighted by atomic mass is 31.2. The van der Waals surface area contributed by atoms with Crippen molar-refractivity contribution in [3.63, 3.8) is 0 Å². The Bertz CT molecular complexity index is 1590. The molecule has 0 saturated carbocycles. The maximum absolute atomic E-state index is 13.5. The first kappa shape index (κ1) is 74.2. The average Bonchev–Trinajstić information content (AvgIpc) is 3.39. The number of nitrogens with one attached hydrogen (secondary N) is 1. The highest BCUT2D eigenvalue weighted by Crippen LogP contribution is 2.43. The molecule has 0 rings (SSSR count). The third-order valence-electron chi connectivity index (χ3n) is 13.8. The van der Waals surface area contributed by atoms with Gasteiger partial charge in [0.05, 0.1) is 33.8 Å². The summed E-state index contributed by atoms with van der Waals surface area (Å²) in [5, 5.41) is 3.04. The van der Waals surface area contributed by atoms with Crippen LogP contribution in [0.3, 0.4) is 0 Å². The van der Waals surface area contributed by atoms with Gasteiger partial charge in [0.2, 0.25) is 5.91 Å². The van der Waals surface area contributed by atoms with Gasteiger partial charge in [-0.3, -0.25) is 18.6 Å². The van der Waals surface area contributed by atoms with Gasteiger partial charge in [-0.25, -0.2) is 4.57 Å². The molecule has 0 bridgehead atoms. The van der Waals surface area contributed by atoms with E-state index in [0.717, 1.165) is 89.9 Å². The fraction of sp³-hybridized carbons (Fsp3) is 0.761. The number of rotatable bonds is 57. The number of carbonyl (C=O) groups excluding carboxylic acids is 2. The van der Waals surface area contributed by atoms with Crippen molar-refractivity contribution >= 4 is 19.7 Å². The van der Waals surface area contributed by atoms with E-state index in [2.05, 4.69) is 99.0 Å². The number of unbranched alkanes of at least 4 members (excludes halogenated alkanes) is 29. The molecule has 2 N–H and O–H groups in total. The quantitative estimate of drug-likeness (QED) is 0.0205. The molecule has 77 heavy (non-hydrogen) atoms. The molecule has 0 aliphatic rings. The van der Waals surface area contributed by atoms with Crippen LogP contribution in [0.4, 0.5) is 0 Å². The number of quaternary nitrogens is 1. The molecule has 0 saturated heterocycles. The summed E-state index contributed by atoms with van der Waals surface area (Å²) in [5.41, 5.74) is 0. The molecule has 3 unspecified atom stereocenters. The zero-order valence-corrected chi connectivity index (χ0v) is 51.8. The second-order valence-electron chi connectivity index (χ2n) is 22.5. The molecule has 0 fully saturated rings. The van der Waals surface area contributed by atoms with Crippen LogP contribution in [0, 0.1) is 0 Å². The highest BCUT2D eigenvalue weighted by Gasteiger charge is 2.30. The summed E-state index contributed by atoms with van der Waals surface area (Å²) in [4.78, 5) is 37.7. The van der Waals surface area contributed by atoms with Crippen LogP contribution in [-0.4, -0.2) is 74.3 Å². The first-order valence-electron chi connectivity index (χ1n) is 31.9. The Morgan fingerprint density at radius 3 is 1.29 bits per heavy atom. The smallest absolute Gasteiger partial charge is 0.456 e. The van der Waals surface area contributed by atoms with Gasteiger partial charge >= 0.3 is 13.8 Å². The summed E-state index contributed by atoms with van der Waals surface area (Å²) in [7, 11) is 1.47. The number of ether oxygens (including phenoxy) is 1. The largest absolute Gasteiger partial charge is 0.472 e. The van der Waals surface area contributed by atoms with E-state index >= 15 is 0 Å². The lowest BCUT2D eigenvalue weighted by Crippen LogP contribution is -2.47. The van der Waals surface area contributed by atoms with E-state index in [4.69, 9.17) is 13.8 Å². The second kappa shape index (κ2) is 56.5. The van der Waals surface area contributed by atoms with Crippen molar-refractivity contribution in [1.29, 1.82) is 0 Å². The van der Waals surface area contributed by atoms with Crippen LogP contribution < -0.4 is 5.32 Å². The van der Waals surface area contributed by atoms with Crippen molar-refractivity contribution < 1.29 is 37.3 Å². The number of allylic oxidation sites excluding steroid dienone is 13. The van der Waals surface area contributed by atoms with Gasteiger partial charge in [0.1, 0.15) is 19.3 Å². The maximum atomic E-state index is 13.5. The van der Waals surface area contributed by atoms with Gasteiger partial charge in [-0.05, 0) is 102 Å². The Morgan fingerprint density at radius 1 is 0.468 bits per heavy atom. The average molecular weight is 1100 g/mol. The fourth-order valence-corrected chi connectivity index (χ4v) is 9.64. The molecule has 0 aromatic rings. The van der Waals surface area contributed by atoms with E-state index in [9.17, 15) is 19.0 Å². The van der Waals surface area contributed by atoms with Gasteiger partial charge in [-0.2, -0.15) is 0 Å². The van der Waals surface area contributed by atoms with Crippen molar-refractivity contribution in [1.82, 2.24) is 5.32 Å². The fourth-order valence-electron chi connectivity index (χ4n) is 8.90. The number of amides is 1. The van der Waals surface area contributed by atoms with Gasteiger partial charge < -0.3 is 19.4 Å². The van der Waals surface area contributed by atoms with Crippen LogP contribution in [0.15, 0.2) is 85.1 Å². The van der Waals surface area contributed by atoms with E-state index in [1.807, 2.05) is 33.3 Å². The van der Waals surface area contributed by atoms with Crippen molar-refractivity contribution in [2.45, 2.75) is 290 Å². The SMILES string of the molecule is CC/C=C/C/C=C/C/C=C/C/C=C/CCCCCC(=O)NC(COP(=O)(O)OCC[N+](C)(C)C)C(/C=C\CCCCCCCCCCCC)OC(=O)CCCCCCCCCCCCCCC/C=C\C/C=C\CCCCC. The van der Waals surface area contributed by atoms with Crippen LogP contribution in [-0.2, 0) is 27.9 Å². The van der Waals surface area contributed by atoms with Crippen LogP contribution in [0.1, 0.15) is 278 Å². The monoisotopic (exact) mass is 1100 g/mol. The third kappa shape index (κ3) is 57.7. The molecule has 446 valence electrons. The standard InChI is InChI=1S/C67H121N2O7P/c1-7-10-13-16-19-22-25-28-30-32-33-34-35-36-37-38-40-42-45-48-51-54-57-60-67(71)76-65(58-55-52-49-46-43-27-24-21-18-15-12-9-3)64(63-75-77(72,73)74-62-61-69(4,5)6)68-66(70)59-56-53-50-47-44-41-39-31-29-26-23-20-17-14-11-8-2/h11,14,19-20,22-23,28-31,41,44,55,58,64-65H,7-10,12-13,15-18,21,24-27,32-40,42-43,45-54,56-57,59-63H2,1-6H3,(H-,68,70,72,73)/p+1/b14-11+,22-19-,23-20+,30-28-,31-29+,44-41+,58-55-. The zero-order chi connectivity index (χ0) is 56.4. The molecule has 0 spiro atoms. The lowest BCUT2D eigenvalue weighted by molar-refractivity contribution is -0.870. The summed E-state index contributed by atoms with van der Waals surface area (Å²) >= 11 is 0. The minimum Gasteiger partial charge on any atom is -0.456 e. The third-order valence-corrected chi connectivity index (χ3v) is 14.8. The van der Waals surface area contributed by atoms with E-state index in [1.165, 1.54) is 148 Å². The van der Waals surface area contributed by atoms with Gasteiger partial charge in [-0.15, -0.1) is 0 Å². The Kier molecular flexibility index (Phi) is 54.4. The van der Waals surface area contributed by atoms with Crippen molar-refractivity contribution in [3.05, 3.63) is 85.1 Å². The van der Waals surface area contributed by atoms with Gasteiger partial charge in [0.15, 0.2) is 0 Å². The van der Waals surface area contributed by atoms with Gasteiger partial charge in [0, 0.05) is 12.8 Å². The molecule has 0 heterocycles. The number of nitrogens with zero attached hydrogens (tertiary/aromatic N) is 1. The first-order chi connectivity index (χ1) is 37.4. The van der Waals surface area contributed by atoms with Crippen molar-refractivity contribution in [2.24, 2.45) is 0 Å².